The van der Waals surface area contributed by atoms with Gasteiger partial charge in [0.1, 0.15) is 5.75 Å². The maximum Gasteiger partial charge on any atom is 0.225 e. The summed E-state index contributed by atoms with van der Waals surface area (Å²) in [7, 11) is 0. The molecular formula is C12H16N2O2. The Balaban J connectivity index is 1.86. The first-order valence-electron chi connectivity index (χ1n) is 5.56. The SMILES string of the molecule is O=C(CC1CCCN1)Nc1cccc(O)c1. The molecule has 4 nitrogen and oxygen atoms in total. The van der Waals surface area contributed by atoms with E-state index in [0.717, 1.165) is 19.4 Å². The number of benzene rings is 1. The summed E-state index contributed by atoms with van der Waals surface area (Å²) < 4.78 is 0. The third-order valence-electron chi connectivity index (χ3n) is 2.72. The highest BCUT2D eigenvalue weighted by Crippen LogP contribution is 2.16. The topological polar surface area (TPSA) is 61.4 Å². The molecule has 1 amide bonds. The van der Waals surface area contributed by atoms with Crippen LogP contribution in [0, 0.1) is 0 Å². The van der Waals surface area contributed by atoms with Crippen molar-refractivity contribution in [1.82, 2.24) is 5.32 Å². The van der Waals surface area contributed by atoms with E-state index in [1.165, 1.54) is 0 Å². The Morgan fingerprint density at radius 2 is 2.44 bits per heavy atom. The molecule has 1 unspecified atom stereocenters. The Labute approximate surface area is 94.7 Å². The van der Waals surface area contributed by atoms with Crippen LogP contribution in [0.2, 0.25) is 0 Å². The summed E-state index contributed by atoms with van der Waals surface area (Å²) in [6, 6.07) is 6.89. The molecule has 1 saturated heterocycles. The fourth-order valence-corrected chi connectivity index (χ4v) is 1.95. The van der Waals surface area contributed by atoms with Crippen LogP contribution in [0.5, 0.6) is 5.75 Å². The maximum atomic E-state index is 11.6. The summed E-state index contributed by atoms with van der Waals surface area (Å²) in [6.45, 7) is 1.00. The number of aromatic hydroxyl groups is 1. The zero-order chi connectivity index (χ0) is 11.4. The molecule has 1 atom stereocenters. The number of carbonyl (C=O) groups is 1. The third-order valence-corrected chi connectivity index (χ3v) is 2.72. The lowest BCUT2D eigenvalue weighted by Gasteiger charge is -2.10. The van der Waals surface area contributed by atoms with E-state index in [4.69, 9.17) is 0 Å². The molecular weight excluding hydrogens is 204 g/mol. The first kappa shape index (κ1) is 11.0. The molecule has 0 saturated carbocycles. The monoisotopic (exact) mass is 220 g/mol. The van der Waals surface area contributed by atoms with Crippen LogP contribution in [-0.4, -0.2) is 23.6 Å². The zero-order valence-corrected chi connectivity index (χ0v) is 9.07. The third kappa shape index (κ3) is 2.97. The predicted molar refractivity (Wildman–Crippen MR) is 62.4 cm³/mol. The molecule has 1 aromatic rings. The van der Waals surface area contributed by atoms with Gasteiger partial charge in [-0.15, -0.1) is 0 Å². The maximum absolute atomic E-state index is 11.6. The molecule has 86 valence electrons. The van der Waals surface area contributed by atoms with Crippen molar-refractivity contribution < 1.29 is 9.90 Å². The van der Waals surface area contributed by atoms with E-state index in [9.17, 15) is 9.90 Å². The van der Waals surface area contributed by atoms with Crippen molar-refractivity contribution in [2.75, 3.05) is 11.9 Å². The summed E-state index contributed by atoms with van der Waals surface area (Å²) >= 11 is 0. The van der Waals surface area contributed by atoms with Gasteiger partial charge in [0, 0.05) is 24.2 Å². The first-order valence-corrected chi connectivity index (χ1v) is 5.56. The molecule has 16 heavy (non-hydrogen) atoms. The van der Waals surface area contributed by atoms with E-state index in [2.05, 4.69) is 10.6 Å². The van der Waals surface area contributed by atoms with Gasteiger partial charge in [-0.3, -0.25) is 4.79 Å². The van der Waals surface area contributed by atoms with Crippen molar-refractivity contribution in [3.05, 3.63) is 24.3 Å². The quantitative estimate of drug-likeness (QED) is 0.723. The minimum atomic E-state index is -0.00926. The summed E-state index contributed by atoms with van der Waals surface area (Å²) in [4.78, 5) is 11.6. The Morgan fingerprint density at radius 1 is 1.56 bits per heavy atom. The van der Waals surface area contributed by atoms with E-state index >= 15 is 0 Å². The van der Waals surface area contributed by atoms with Gasteiger partial charge < -0.3 is 15.7 Å². The average molecular weight is 220 g/mol. The Kier molecular flexibility index (Phi) is 3.41. The molecule has 3 N–H and O–H groups in total. The van der Waals surface area contributed by atoms with E-state index < -0.39 is 0 Å². The van der Waals surface area contributed by atoms with E-state index in [1.807, 2.05) is 0 Å². The van der Waals surface area contributed by atoms with Gasteiger partial charge in [0.25, 0.3) is 0 Å². The number of phenolic OH excluding ortho intramolecular Hbond substituents is 1. The minimum absolute atomic E-state index is 0.00926. The fourth-order valence-electron chi connectivity index (χ4n) is 1.95. The number of phenols is 1. The van der Waals surface area contributed by atoms with Crippen LogP contribution >= 0.6 is 0 Å². The second-order valence-corrected chi connectivity index (χ2v) is 4.10. The van der Waals surface area contributed by atoms with Crippen molar-refractivity contribution in [1.29, 1.82) is 0 Å². The molecule has 1 aliphatic rings. The molecule has 0 bridgehead atoms. The lowest BCUT2D eigenvalue weighted by Crippen LogP contribution is -2.27. The molecule has 1 aliphatic heterocycles. The molecule has 0 spiro atoms. The highest BCUT2D eigenvalue weighted by atomic mass is 16.3. The van der Waals surface area contributed by atoms with Crippen molar-refractivity contribution >= 4 is 11.6 Å². The summed E-state index contributed by atoms with van der Waals surface area (Å²) in [5.74, 6) is 0.154. The van der Waals surface area contributed by atoms with Crippen molar-refractivity contribution in [2.24, 2.45) is 0 Å². The summed E-state index contributed by atoms with van der Waals surface area (Å²) in [5.41, 5.74) is 0.642. The first-order chi connectivity index (χ1) is 7.74. The Bertz CT molecular complexity index is 373. The van der Waals surface area contributed by atoms with Gasteiger partial charge in [0.15, 0.2) is 0 Å². The van der Waals surface area contributed by atoms with Crippen LogP contribution < -0.4 is 10.6 Å². The number of amides is 1. The number of hydrogen-bond donors (Lipinski definition) is 3. The fraction of sp³-hybridized carbons (Fsp3) is 0.417. The molecule has 1 aromatic carbocycles. The highest BCUT2D eigenvalue weighted by molar-refractivity contribution is 5.91. The van der Waals surface area contributed by atoms with Gasteiger partial charge in [-0.25, -0.2) is 0 Å². The van der Waals surface area contributed by atoms with Gasteiger partial charge in [0.05, 0.1) is 0 Å². The molecule has 1 fully saturated rings. The number of nitrogens with one attached hydrogen (secondary N) is 2. The molecule has 0 radical (unpaired) electrons. The zero-order valence-electron chi connectivity index (χ0n) is 9.07. The summed E-state index contributed by atoms with van der Waals surface area (Å²) in [5, 5.41) is 15.3. The van der Waals surface area contributed by atoms with Gasteiger partial charge in [-0.1, -0.05) is 6.07 Å². The Hall–Kier alpha value is -1.55. The number of anilines is 1. The van der Waals surface area contributed by atoms with Crippen molar-refractivity contribution in [3.63, 3.8) is 0 Å². The predicted octanol–water partition coefficient (Wildman–Crippen LogP) is 1.47. The van der Waals surface area contributed by atoms with Gasteiger partial charge >= 0.3 is 0 Å². The van der Waals surface area contributed by atoms with Gasteiger partial charge in [-0.05, 0) is 31.5 Å². The van der Waals surface area contributed by atoms with Gasteiger partial charge in [0.2, 0.25) is 5.91 Å². The standard InChI is InChI=1S/C12H16N2O2/c15-11-5-1-3-10(7-11)14-12(16)8-9-4-2-6-13-9/h1,3,5,7,9,13,15H,2,4,6,8H2,(H,14,16). The second-order valence-electron chi connectivity index (χ2n) is 4.10. The van der Waals surface area contributed by atoms with Crippen molar-refractivity contribution in [3.8, 4) is 5.75 Å². The lowest BCUT2D eigenvalue weighted by molar-refractivity contribution is -0.116. The van der Waals surface area contributed by atoms with Crippen LogP contribution in [0.25, 0.3) is 0 Å². The molecule has 2 rings (SSSR count). The van der Waals surface area contributed by atoms with Crippen LogP contribution in [-0.2, 0) is 4.79 Å². The number of rotatable bonds is 3. The van der Waals surface area contributed by atoms with Crippen molar-refractivity contribution in [2.45, 2.75) is 25.3 Å². The van der Waals surface area contributed by atoms with E-state index in [-0.39, 0.29) is 11.7 Å². The normalized spacial score (nSPS) is 19.6. The molecule has 0 aliphatic carbocycles. The average Bonchev–Trinajstić information content (AvgIpc) is 2.70. The second kappa shape index (κ2) is 4.99. The molecule has 1 heterocycles. The van der Waals surface area contributed by atoms with Crippen LogP contribution in [0.3, 0.4) is 0 Å². The van der Waals surface area contributed by atoms with Crippen LogP contribution in [0.4, 0.5) is 5.69 Å². The Morgan fingerprint density at radius 3 is 3.12 bits per heavy atom. The van der Waals surface area contributed by atoms with E-state index in [0.29, 0.717) is 18.2 Å². The highest BCUT2D eigenvalue weighted by Gasteiger charge is 2.17. The van der Waals surface area contributed by atoms with Gasteiger partial charge in [-0.2, -0.15) is 0 Å². The lowest BCUT2D eigenvalue weighted by atomic mass is 10.1. The minimum Gasteiger partial charge on any atom is -0.508 e. The van der Waals surface area contributed by atoms with Crippen LogP contribution in [0.1, 0.15) is 19.3 Å². The molecule has 4 heteroatoms. The number of hydrogen-bond acceptors (Lipinski definition) is 3. The number of carbonyl (C=O) groups excluding carboxylic acids is 1. The summed E-state index contributed by atoms with van der Waals surface area (Å²) in [6.07, 6.45) is 2.70. The van der Waals surface area contributed by atoms with E-state index in [1.54, 1.807) is 24.3 Å². The smallest absolute Gasteiger partial charge is 0.225 e. The largest absolute Gasteiger partial charge is 0.508 e. The van der Waals surface area contributed by atoms with Crippen LogP contribution in [0.15, 0.2) is 24.3 Å². The molecule has 0 aromatic heterocycles.